The summed E-state index contributed by atoms with van der Waals surface area (Å²) in [4.78, 5) is 22.2. The van der Waals surface area contributed by atoms with E-state index in [9.17, 15) is 14.7 Å². The van der Waals surface area contributed by atoms with E-state index in [1.54, 1.807) is 24.3 Å². The lowest BCUT2D eigenvalue weighted by atomic mass is 10.0. The number of carbonyl (C=O) groups is 2. The van der Waals surface area contributed by atoms with Crippen molar-refractivity contribution >= 4 is 18.3 Å². The van der Waals surface area contributed by atoms with E-state index in [1.807, 2.05) is 0 Å². The van der Waals surface area contributed by atoms with Crippen LogP contribution in [0.25, 0.3) is 6.08 Å². The van der Waals surface area contributed by atoms with Gasteiger partial charge in [0, 0.05) is 12.5 Å². The normalized spacial score (nSPS) is 11.3. The minimum Gasteiger partial charge on any atom is -0.504 e. The zero-order chi connectivity index (χ0) is 32.5. The molecule has 0 bridgehead atoms. The second kappa shape index (κ2) is 31.7. The monoisotopic (exact) mass is 629 g/mol. The summed E-state index contributed by atoms with van der Waals surface area (Å²) in [6.45, 7) is 0.468. The number of hydrogen-bond acceptors (Lipinski definition) is 5. The number of aromatic hydroxyl groups is 1. The number of unbranched alkanes of at least 4 members (excludes halogenated alkanes) is 27. The Morgan fingerprint density at radius 2 is 0.978 bits per heavy atom. The highest BCUT2D eigenvalue weighted by Crippen LogP contribution is 2.26. The van der Waals surface area contributed by atoms with Gasteiger partial charge in [-0.3, -0.25) is 0 Å². The molecule has 0 spiro atoms. The molecule has 0 aliphatic carbocycles. The van der Waals surface area contributed by atoms with Crippen molar-refractivity contribution in [1.82, 2.24) is 0 Å². The van der Waals surface area contributed by atoms with Crippen LogP contribution in [0.15, 0.2) is 24.3 Å². The third kappa shape index (κ3) is 26.6. The molecule has 0 aromatic heterocycles. The minimum atomic E-state index is -0.336. The number of esters is 1. The van der Waals surface area contributed by atoms with Crippen molar-refractivity contribution in [3.63, 3.8) is 0 Å². The maximum atomic E-state index is 11.9. The fourth-order valence-corrected chi connectivity index (χ4v) is 5.93. The molecular weight excluding hydrogens is 560 g/mol. The molecule has 5 nitrogen and oxygen atoms in total. The first-order valence-electron chi connectivity index (χ1n) is 18.8. The number of methoxy groups -OCH3 is 1. The number of carbonyl (C=O) groups excluding carboxylic acids is 2. The van der Waals surface area contributed by atoms with Crippen LogP contribution in [0, 0.1) is 0 Å². The van der Waals surface area contributed by atoms with Crippen LogP contribution in [0.4, 0.5) is 0 Å². The van der Waals surface area contributed by atoms with Gasteiger partial charge in [0.1, 0.15) is 6.29 Å². The molecule has 1 N–H and O–H groups in total. The molecule has 0 atom stereocenters. The van der Waals surface area contributed by atoms with Crippen molar-refractivity contribution < 1.29 is 24.2 Å². The average Bonchev–Trinajstić information content (AvgIpc) is 3.05. The Morgan fingerprint density at radius 1 is 0.600 bits per heavy atom. The number of benzene rings is 1. The molecule has 258 valence electrons. The summed E-state index contributed by atoms with van der Waals surface area (Å²) in [5, 5.41) is 9.64. The predicted octanol–water partition coefficient (Wildman–Crippen LogP) is 12.1. The molecule has 45 heavy (non-hydrogen) atoms. The molecule has 0 aliphatic heterocycles. The molecule has 5 heteroatoms. The molecule has 0 saturated heterocycles. The van der Waals surface area contributed by atoms with Gasteiger partial charge in [-0.2, -0.15) is 0 Å². The number of phenols is 1. The Morgan fingerprint density at radius 3 is 1.36 bits per heavy atom. The molecule has 0 unspecified atom stereocenters. The molecule has 1 rings (SSSR count). The predicted molar refractivity (Wildman–Crippen MR) is 190 cm³/mol. The first kappa shape index (κ1) is 40.7. The van der Waals surface area contributed by atoms with E-state index in [1.165, 1.54) is 167 Å². The van der Waals surface area contributed by atoms with Crippen LogP contribution in [-0.2, 0) is 14.3 Å². The van der Waals surface area contributed by atoms with Crippen LogP contribution in [-0.4, -0.2) is 31.1 Å². The number of rotatable bonds is 33. The number of ether oxygens (including phenoxy) is 2. The Hall–Kier alpha value is -2.30. The lowest BCUT2D eigenvalue weighted by Crippen LogP contribution is -2.02. The molecular formula is C40H68O5. The summed E-state index contributed by atoms with van der Waals surface area (Å²) >= 11 is 0. The van der Waals surface area contributed by atoms with Crippen molar-refractivity contribution in [3.05, 3.63) is 29.8 Å². The highest BCUT2D eigenvalue weighted by molar-refractivity contribution is 5.87. The second-order valence-electron chi connectivity index (χ2n) is 12.9. The third-order valence-corrected chi connectivity index (χ3v) is 8.83. The van der Waals surface area contributed by atoms with Crippen molar-refractivity contribution in [2.24, 2.45) is 0 Å². The zero-order valence-corrected chi connectivity index (χ0v) is 29.1. The topological polar surface area (TPSA) is 72.8 Å². The van der Waals surface area contributed by atoms with Gasteiger partial charge in [0.25, 0.3) is 0 Å². The van der Waals surface area contributed by atoms with Gasteiger partial charge in [-0.15, -0.1) is 0 Å². The van der Waals surface area contributed by atoms with E-state index in [4.69, 9.17) is 9.47 Å². The van der Waals surface area contributed by atoms with Gasteiger partial charge in [0.15, 0.2) is 11.5 Å². The Bertz CT molecular complexity index is 849. The quantitative estimate of drug-likeness (QED) is 0.0363. The lowest BCUT2D eigenvalue weighted by molar-refractivity contribution is -0.137. The zero-order valence-electron chi connectivity index (χ0n) is 29.1. The maximum absolute atomic E-state index is 11.9. The van der Waals surface area contributed by atoms with Crippen molar-refractivity contribution in [3.8, 4) is 11.5 Å². The van der Waals surface area contributed by atoms with Gasteiger partial charge in [0.05, 0.1) is 13.7 Å². The molecule has 0 fully saturated rings. The highest BCUT2D eigenvalue weighted by Gasteiger charge is 2.02. The Labute approximate surface area is 276 Å². The van der Waals surface area contributed by atoms with Gasteiger partial charge >= 0.3 is 5.97 Å². The average molecular weight is 629 g/mol. The molecule has 1 aromatic rings. The number of aldehydes is 1. The lowest BCUT2D eigenvalue weighted by Gasteiger charge is -2.05. The van der Waals surface area contributed by atoms with Crippen LogP contribution in [0.5, 0.6) is 11.5 Å². The van der Waals surface area contributed by atoms with Crippen molar-refractivity contribution in [2.45, 2.75) is 180 Å². The van der Waals surface area contributed by atoms with Crippen LogP contribution < -0.4 is 4.74 Å². The van der Waals surface area contributed by atoms with E-state index in [0.717, 1.165) is 37.5 Å². The summed E-state index contributed by atoms with van der Waals surface area (Å²) < 4.78 is 10.4. The van der Waals surface area contributed by atoms with E-state index in [0.29, 0.717) is 12.4 Å². The molecule has 0 saturated carbocycles. The first-order chi connectivity index (χ1) is 22.2. The SMILES string of the molecule is COc1cc(/C=C/C(=O)OCCCCCCCCCCCCCCCCCCCCCCCCCCCCCC=O)ccc1O. The summed E-state index contributed by atoms with van der Waals surface area (Å²) in [5.41, 5.74) is 0.776. The van der Waals surface area contributed by atoms with Gasteiger partial charge in [-0.1, -0.05) is 167 Å². The number of hydrogen-bond donors (Lipinski definition) is 1. The first-order valence-corrected chi connectivity index (χ1v) is 18.8. The van der Waals surface area contributed by atoms with Crippen molar-refractivity contribution in [2.75, 3.05) is 13.7 Å². The van der Waals surface area contributed by atoms with E-state index < -0.39 is 0 Å². The highest BCUT2D eigenvalue weighted by atomic mass is 16.5. The molecule has 0 radical (unpaired) electrons. The maximum Gasteiger partial charge on any atom is 0.330 e. The van der Waals surface area contributed by atoms with Crippen molar-refractivity contribution in [1.29, 1.82) is 0 Å². The fraction of sp³-hybridized carbons (Fsp3) is 0.750. The third-order valence-electron chi connectivity index (χ3n) is 8.83. The smallest absolute Gasteiger partial charge is 0.330 e. The largest absolute Gasteiger partial charge is 0.504 e. The van der Waals surface area contributed by atoms with Gasteiger partial charge < -0.3 is 19.4 Å². The molecule has 0 aliphatic rings. The summed E-state index contributed by atoms with van der Waals surface area (Å²) in [5.74, 6) is 0.124. The molecule has 0 amide bonds. The van der Waals surface area contributed by atoms with Crippen LogP contribution in [0.3, 0.4) is 0 Å². The van der Waals surface area contributed by atoms with Crippen LogP contribution in [0.1, 0.15) is 185 Å². The minimum absolute atomic E-state index is 0.0782. The Kier molecular flexibility index (Phi) is 28.7. The second-order valence-corrected chi connectivity index (χ2v) is 12.9. The summed E-state index contributed by atoms with van der Waals surface area (Å²) in [6.07, 6.45) is 41.2. The standard InChI is InChI=1S/C40H68O5/c1-44-39-36-37(30-32-38(39)42)31-33-40(43)45-35-29-27-25-23-21-19-17-15-13-11-9-7-5-3-2-4-6-8-10-12-14-16-18-20-22-24-26-28-34-41/h30-34,36,42H,2-29,35H2,1H3/b33-31+. The molecule has 0 heterocycles. The van der Waals surface area contributed by atoms with Gasteiger partial charge in [-0.25, -0.2) is 4.79 Å². The molecule has 1 aromatic carbocycles. The fourth-order valence-electron chi connectivity index (χ4n) is 5.93. The van der Waals surface area contributed by atoms with Crippen LogP contribution in [0.2, 0.25) is 0 Å². The Balaban J connectivity index is 1.73. The number of phenolic OH excluding ortho intramolecular Hbond substituents is 1. The van der Waals surface area contributed by atoms with Gasteiger partial charge in [0.2, 0.25) is 0 Å². The van der Waals surface area contributed by atoms with Crippen LogP contribution >= 0.6 is 0 Å². The summed E-state index contributed by atoms with van der Waals surface area (Å²) in [7, 11) is 1.50. The summed E-state index contributed by atoms with van der Waals surface area (Å²) in [6, 6.07) is 4.95. The van der Waals surface area contributed by atoms with E-state index in [-0.39, 0.29) is 11.7 Å². The van der Waals surface area contributed by atoms with E-state index in [2.05, 4.69) is 0 Å². The van der Waals surface area contributed by atoms with E-state index >= 15 is 0 Å². The van der Waals surface area contributed by atoms with Gasteiger partial charge in [-0.05, 0) is 36.6 Å².